The molecule has 0 amide bonds. The van der Waals surface area contributed by atoms with Crippen molar-refractivity contribution in [3.8, 4) is 0 Å². The lowest BCUT2D eigenvalue weighted by Gasteiger charge is -2.14. The molecular formula is C22H28N2O5. The van der Waals surface area contributed by atoms with Gasteiger partial charge in [0.15, 0.2) is 0 Å². The van der Waals surface area contributed by atoms with Gasteiger partial charge in [-0.1, -0.05) is 60.7 Å². The van der Waals surface area contributed by atoms with E-state index in [0.717, 1.165) is 25.7 Å². The van der Waals surface area contributed by atoms with Crippen LogP contribution >= 0.6 is 0 Å². The molecule has 2 aromatic rings. The van der Waals surface area contributed by atoms with Crippen molar-refractivity contribution in [2.24, 2.45) is 0 Å². The first-order valence-corrected chi connectivity index (χ1v) is 10.1. The smallest absolute Gasteiger partial charge is 0.262 e. The fraction of sp³-hybridized carbons (Fsp3) is 0.455. The number of benzene rings is 2. The second-order valence-electron chi connectivity index (χ2n) is 7.08. The first-order chi connectivity index (χ1) is 14.1. The van der Waals surface area contributed by atoms with Crippen LogP contribution in [0.25, 0.3) is 0 Å². The van der Waals surface area contributed by atoms with E-state index in [0.29, 0.717) is 12.8 Å². The van der Waals surface area contributed by atoms with Crippen molar-refractivity contribution in [3.05, 3.63) is 92.0 Å². The molecule has 0 aliphatic heterocycles. The summed E-state index contributed by atoms with van der Waals surface area (Å²) in [5.41, 5.74) is 2.35. The predicted octanol–water partition coefficient (Wildman–Crippen LogP) is 5.03. The summed E-state index contributed by atoms with van der Waals surface area (Å²) in [4.78, 5) is 21.5. The maximum Gasteiger partial charge on any atom is 0.320 e. The summed E-state index contributed by atoms with van der Waals surface area (Å²) < 4.78 is 5.28. The molecule has 0 heterocycles. The van der Waals surface area contributed by atoms with Gasteiger partial charge in [0.05, 0.1) is 9.85 Å². The Morgan fingerprint density at radius 1 is 0.655 bits per heavy atom. The van der Waals surface area contributed by atoms with Crippen LogP contribution in [0.3, 0.4) is 0 Å². The lowest BCUT2D eigenvalue weighted by Crippen LogP contribution is -2.33. The molecule has 2 aromatic carbocycles. The first kappa shape index (κ1) is 22.5. The molecule has 29 heavy (non-hydrogen) atoms. The summed E-state index contributed by atoms with van der Waals surface area (Å²) in [5, 5.41) is 22.6. The van der Waals surface area contributed by atoms with E-state index < -0.39 is 22.3 Å². The molecule has 2 atom stereocenters. The van der Waals surface area contributed by atoms with Gasteiger partial charge in [-0.3, -0.25) is 20.2 Å². The Hall–Kier alpha value is -2.80. The zero-order chi connectivity index (χ0) is 20.9. The maximum absolute atomic E-state index is 11.3. The molecule has 2 unspecified atom stereocenters. The van der Waals surface area contributed by atoms with E-state index in [1.807, 2.05) is 60.7 Å². The number of hydrogen-bond donors (Lipinski definition) is 0. The fourth-order valence-corrected chi connectivity index (χ4v) is 3.21. The van der Waals surface area contributed by atoms with Crippen LogP contribution in [-0.4, -0.2) is 22.3 Å². The van der Waals surface area contributed by atoms with E-state index in [-0.39, 0.29) is 12.8 Å². The first-order valence-electron chi connectivity index (χ1n) is 10.1. The summed E-state index contributed by atoms with van der Waals surface area (Å²) in [5.74, 6) is 0. The van der Waals surface area contributed by atoms with Crippen LogP contribution in [0.1, 0.15) is 49.7 Å². The highest BCUT2D eigenvalue weighted by Gasteiger charge is 2.31. The minimum atomic E-state index is -1.34. The quantitative estimate of drug-likeness (QED) is 0.192. The van der Waals surface area contributed by atoms with Gasteiger partial charge < -0.3 is 0 Å². The van der Waals surface area contributed by atoms with Crippen LogP contribution in [-0.2, 0) is 17.6 Å². The second-order valence-corrected chi connectivity index (χ2v) is 7.08. The summed E-state index contributed by atoms with van der Waals surface area (Å²) in [6.07, 6.45) is 2.04. The molecule has 7 nitrogen and oxygen atoms in total. The Labute approximate surface area is 171 Å². The van der Waals surface area contributed by atoms with E-state index in [2.05, 4.69) is 0 Å². The number of unbranched alkanes of at least 4 members (excludes halogenated alkanes) is 2. The Balaban J connectivity index is 1.73. The molecule has 0 spiro atoms. The minimum Gasteiger partial charge on any atom is -0.262 e. The lowest BCUT2D eigenvalue weighted by molar-refractivity contribution is -0.647. The average molecular weight is 400 g/mol. The van der Waals surface area contributed by atoms with Crippen molar-refractivity contribution in [1.29, 1.82) is 0 Å². The van der Waals surface area contributed by atoms with Gasteiger partial charge in [0.2, 0.25) is 0 Å². The highest BCUT2D eigenvalue weighted by Crippen LogP contribution is 2.16. The Morgan fingerprint density at radius 3 is 1.38 bits per heavy atom. The molecule has 0 radical (unpaired) electrons. The van der Waals surface area contributed by atoms with Crippen molar-refractivity contribution >= 4 is 0 Å². The van der Waals surface area contributed by atoms with Gasteiger partial charge in [-0.2, -0.15) is 0 Å². The highest BCUT2D eigenvalue weighted by molar-refractivity contribution is 5.15. The molecule has 0 aliphatic rings. The van der Waals surface area contributed by atoms with E-state index in [4.69, 9.17) is 4.74 Å². The van der Waals surface area contributed by atoms with Gasteiger partial charge in [0.1, 0.15) is 0 Å². The Bertz CT molecular complexity index is 676. The van der Waals surface area contributed by atoms with E-state index in [9.17, 15) is 20.2 Å². The molecule has 0 aliphatic carbocycles. The van der Waals surface area contributed by atoms with Gasteiger partial charge in [-0.05, 0) is 49.7 Å². The summed E-state index contributed by atoms with van der Waals surface area (Å²) in [7, 11) is 0. The monoisotopic (exact) mass is 400 g/mol. The van der Waals surface area contributed by atoms with E-state index >= 15 is 0 Å². The second kappa shape index (κ2) is 12.6. The predicted molar refractivity (Wildman–Crippen MR) is 111 cm³/mol. The van der Waals surface area contributed by atoms with Crippen molar-refractivity contribution < 1.29 is 14.6 Å². The largest absolute Gasteiger partial charge is 0.320 e. The number of ether oxygens (including phenoxy) is 1. The average Bonchev–Trinajstić information content (AvgIpc) is 2.73. The van der Waals surface area contributed by atoms with Crippen molar-refractivity contribution in [2.75, 3.05) is 0 Å². The minimum absolute atomic E-state index is 0.175. The fourth-order valence-electron chi connectivity index (χ4n) is 3.21. The third kappa shape index (κ3) is 8.83. The van der Waals surface area contributed by atoms with Crippen molar-refractivity contribution in [3.63, 3.8) is 0 Å². The third-order valence-electron chi connectivity index (χ3n) is 4.80. The molecule has 156 valence electrons. The third-order valence-corrected chi connectivity index (χ3v) is 4.80. The van der Waals surface area contributed by atoms with Crippen LogP contribution < -0.4 is 0 Å². The number of hydrogen-bond acceptors (Lipinski definition) is 5. The van der Waals surface area contributed by atoms with Crippen LogP contribution in [0.5, 0.6) is 0 Å². The van der Waals surface area contributed by atoms with Crippen LogP contribution in [0, 0.1) is 20.2 Å². The topological polar surface area (TPSA) is 95.5 Å². The number of nitrogens with zero attached hydrogens (tertiary/aromatic N) is 2. The molecule has 0 aromatic heterocycles. The van der Waals surface area contributed by atoms with Crippen molar-refractivity contribution in [1.82, 2.24) is 0 Å². The number of aryl methyl sites for hydroxylation is 2. The Kier molecular flexibility index (Phi) is 9.78. The molecule has 0 bridgehead atoms. The molecule has 2 rings (SSSR count). The molecule has 7 heteroatoms. The van der Waals surface area contributed by atoms with E-state index in [1.54, 1.807) is 0 Å². The number of nitro groups is 2. The lowest BCUT2D eigenvalue weighted by atomic mass is 10.1. The SMILES string of the molecule is O=[N+]([O-])C(CCCCc1ccccc1)OC(CCCCc1ccccc1)[N+](=O)[O-]. The zero-order valence-corrected chi connectivity index (χ0v) is 16.5. The number of rotatable bonds is 14. The molecular weight excluding hydrogens is 372 g/mol. The maximum atomic E-state index is 11.3. The van der Waals surface area contributed by atoms with Crippen LogP contribution in [0.2, 0.25) is 0 Å². The standard InChI is InChI=1S/C22H28N2O5/c25-23(26)21(17-9-7-15-19-11-3-1-4-12-19)29-22(24(27)28)18-10-8-16-20-13-5-2-6-14-20/h1-6,11-14,21-22H,7-10,15-18H2. The summed E-state index contributed by atoms with van der Waals surface area (Å²) in [6, 6.07) is 19.8. The van der Waals surface area contributed by atoms with Crippen LogP contribution in [0.4, 0.5) is 0 Å². The highest BCUT2D eigenvalue weighted by atomic mass is 16.7. The molecule has 0 saturated heterocycles. The summed E-state index contributed by atoms with van der Waals surface area (Å²) >= 11 is 0. The molecule has 0 fully saturated rings. The zero-order valence-electron chi connectivity index (χ0n) is 16.5. The van der Waals surface area contributed by atoms with Gasteiger partial charge in [0.25, 0.3) is 0 Å². The van der Waals surface area contributed by atoms with Gasteiger partial charge in [-0.25, -0.2) is 4.74 Å². The normalized spacial score (nSPS) is 13.0. The van der Waals surface area contributed by atoms with Gasteiger partial charge in [-0.15, -0.1) is 0 Å². The molecule has 0 saturated carbocycles. The van der Waals surface area contributed by atoms with Crippen molar-refractivity contribution in [2.45, 2.75) is 63.8 Å². The van der Waals surface area contributed by atoms with Gasteiger partial charge in [0, 0.05) is 12.8 Å². The Morgan fingerprint density at radius 2 is 1.03 bits per heavy atom. The van der Waals surface area contributed by atoms with Gasteiger partial charge >= 0.3 is 12.5 Å². The molecule has 0 N–H and O–H groups in total. The van der Waals surface area contributed by atoms with E-state index in [1.165, 1.54) is 11.1 Å². The van der Waals surface area contributed by atoms with Crippen LogP contribution in [0.15, 0.2) is 60.7 Å². The summed E-state index contributed by atoms with van der Waals surface area (Å²) in [6.45, 7) is 0.